The maximum Gasteiger partial charge on any atom is 0.251 e. The number of nitrogens with zero attached hydrogens (tertiary/aromatic N) is 4. The summed E-state index contributed by atoms with van der Waals surface area (Å²) < 4.78 is 1.73. The fourth-order valence-corrected chi connectivity index (χ4v) is 3.67. The van der Waals surface area contributed by atoms with E-state index >= 15 is 0 Å². The largest absolute Gasteiger partial charge is 0.387 e. The number of amides is 1. The smallest absolute Gasteiger partial charge is 0.251 e. The van der Waals surface area contributed by atoms with Crippen LogP contribution in [0.25, 0.3) is 0 Å². The SMILES string of the molecule is O=C(NCC1(O)CCN(Cc2ccccc2)C1)c1ccc(Cn2cncn2)cc1. The summed E-state index contributed by atoms with van der Waals surface area (Å²) in [4.78, 5) is 18.6. The summed E-state index contributed by atoms with van der Waals surface area (Å²) >= 11 is 0. The topological polar surface area (TPSA) is 83.3 Å². The molecule has 2 aromatic carbocycles. The number of rotatable bonds is 7. The Morgan fingerprint density at radius 1 is 1.07 bits per heavy atom. The summed E-state index contributed by atoms with van der Waals surface area (Å²) in [7, 11) is 0. The van der Waals surface area contributed by atoms with Crippen molar-refractivity contribution in [3.63, 3.8) is 0 Å². The molecular formula is C22H25N5O2. The molecule has 1 aliphatic rings. The number of carbonyl (C=O) groups excluding carboxylic acids is 1. The highest BCUT2D eigenvalue weighted by atomic mass is 16.3. The quantitative estimate of drug-likeness (QED) is 0.640. The predicted molar refractivity (Wildman–Crippen MR) is 109 cm³/mol. The lowest BCUT2D eigenvalue weighted by Gasteiger charge is -2.24. The van der Waals surface area contributed by atoms with Gasteiger partial charge in [-0.3, -0.25) is 9.69 Å². The van der Waals surface area contributed by atoms with Gasteiger partial charge in [-0.05, 0) is 29.7 Å². The van der Waals surface area contributed by atoms with Crippen LogP contribution in [-0.2, 0) is 13.1 Å². The van der Waals surface area contributed by atoms with Crippen LogP contribution in [0, 0.1) is 0 Å². The van der Waals surface area contributed by atoms with Crippen LogP contribution in [0.2, 0.25) is 0 Å². The van der Waals surface area contributed by atoms with E-state index < -0.39 is 5.60 Å². The van der Waals surface area contributed by atoms with E-state index in [0.717, 1.165) is 18.7 Å². The minimum Gasteiger partial charge on any atom is -0.387 e. The number of hydrogen-bond donors (Lipinski definition) is 2. The molecule has 3 aromatic rings. The summed E-state index contributed by atoms with van der Waals surface area (Å²) in [6, 6.07) is 17.6. The zero-order chi connectivity index (χ0) is 20.1. The summed E-state index contributed by atoms with van der Waals surface area (Å²) in [5.74, 6) is -0.174. The van der Waals surface area contributed by atoms with Crippen LogP contribution in [0.4, 0.5) is 0 Å². The fraction of sp³-hybridized carbons (Fsp3) is 0.318. The molecule has 2 heterocycles. The second-order valence-electron chi connectivity index (χ2n) is 7.64. The zero-order valence-electron chi connectivity index (χ0n) is 16.2. The van der Waals surface area contributed by atoms with Crippen molar-refractivity contribution >= 4 is 5.91 Å². The van der Waals surface area contributed by atoms with Gasteiger partial charge < -0.3 is 10.4 Å². The molecule has 1 aliphatic heterocycles. The van der Waals surface area contributed by atoms with Crippen molar-refractivity contribution in [2.75, 3.05) is 19.6 Å². The van der Waals surface area contributed by atoms with Gasteiger partial charge in [0.15, 0.2) is 0 Å². The van der Waals surface area contributed by atoms with E-state index in [-0.39, 0.29) is 12.5 Å². The minimum atomic E-state index is -0.891. The standard InChI is InChI=1S/C22H25N5O2/c28-21(20-8-6-19(7-9-20)13-27-17-23-16-25-27)24-14-22(29)10-11-26(15-22)12-18-4-2-1-3-5-18/h1-9,16-17,29H,10-15H2,(H,24,28). The van der Waals surface area contributed by atoms with Crippen molar-refractivity contribution in [2.24, 2.45) is 0 Å². The summed E-state index contributed by atoms with van der Waals surface area (Å²) in [6.07, 6.45) is 3.80. The molecule has 150 valence electrons. The number of carbonyl (C=O) groups is 1. The first-order chi connectivity index (χ1) is 14.1. The van der Waals surface area contributed by atoms with Crippen LogP contribution < -0.4 is 5.32 Å². The Morgan fingerprint density at radius 3 is 2.55 bits per heavy atom. The first kappa shape index (κ1) is 19.3. The molecule has 7 nitrogen and oxygen atoms in total. The number of aromatic nitrogens is 3. The van der Waals surface area contributed by atoms with E-state index in [9.17, 15) is 9.90 Å². The van der Waals surface area contributed by atoms with Gasteiger partial charge in [0.05, 0.1) is 12.1 Å². The molecule has 1 atom stereocenters. The number of aliphatic hydroxyl groups is 1. The van der Waals surface area contributed by atoms with Crippen molar-refractivity contribution < 1.29 is 9.90 Å². The van der Waals surface area contributed by atoms with Crippen molar-refractivity contribution in [1.82, 2.24) is 25.0 Å². The monoisotopic (exact) mass is 391 g/mol. The molecule has 1 unspecified atom stereocenters. The molecule has 7 heteroatoms. The molecule has 4 rings (SSSR count). The third-order valence-electron chi connectivity index (χ3n) is 5.27. The summed E-state index contributed by atoms with van der Waals surface area (Å²) in [5, 5.41) is 17.8. The Bertz CT molecular complexity index is 928. The highest BCUT2D eigenvalue weighted by Crippen LogP contribution is 2.22. The van der Waals surface area contributed by atoms with Crippen LogP contribution in [-0.4, -0.2) is 55.9 Å². The average Bonchev–Trinajstić information content (AvgIpc) is 3.38. The molecule has 2 N–H and O–H groups in total. The van der Waals surface area contributed by atoms with Crippen LogP contribution in [0.15, 0.2) is 67.3 Å². The van der Waals surface area contributed by atoms with Crippen LogP contribution >= 0.6 is 0 Å². The third-order valence-corrected chi connectivity index (χ3v) is 5.27. The van der Waals surface area contributed by atoms with E-state index in [0.29, 0.717) is 25.1 Å². The van der Waals surface area contributed by atoms with Crippen LogP contribution in [0.1, 0.15) is 27.9 Å². The van der Waals surface area contributed by atoms with Crippen molar-refractivity contribution in [2.45, 2.75) is 25.1 Å². The highest BCUT2D eigenvalue weighted by Gasteiger charge is 2.36. The van der Waals surface area contributed by atoms with Gasteiger partial charge in [-0.15, -0.1) is 0 Å². The third kappa shape index (κ3) is 5.07. The lowest BCUT2D eigenvalue weighted by atomic mass is 10.0. The average molecular weight is 391 g/mol. The number of benzene rings is 2. The molecular weight excluding hydrogens is 366 g/mol. The zero-order valence-corrected chi connectivity index (χ0v) is 16.2. The maximum absolute atomic E-state index is 12.5. The number of β-amino-alcohol motifs (C(OH)–C–C–N with tert-alkyl or cyclic N) is 1. The van der Waals surface area contributed by atoms with Gasteiger partial charge in [0.1, 0.15) is 12.7 Å². The molecule has 1 saturated heterocycles. The molecule has 0 saturated carbocycles. The Morgan fingerprint density at radius 2 is 1.83 bits per heavy atom. The first-order valence-electron chi connectivity index (χ1n) is 9.78. The lowest BCUT2D eigenvalue weighted by Crippen LogP contribution is -2.44. The molecule has 1 amide bonds. The summed E-state index contributed by atoms with van der Waals surface area (Å²) in [5.41, 5.74) is 1.96. The van der Waals surface area contributed by atoms with Gasteiger partial charge in [-0.25, -0.2) is 9.67 Å². The van der Waals surface area contributed by atoms with Gasteiger partial charge >= 0.3 is 0 Å². The second-order valence-corrected chi connectivity index (χ2v) is 7.64. The van der Waals surface area contributed by atoms with Gasteiger partial charge in [-0.2, -0.15) is 5.10 Å². The highest BCUT2D eigenvalue weighted by molar-refractivity contribution is 5.94. The Hall–Kier alpha value is -3.03. The van der Waals surface area contributed by atoms with E-state index in [4.69, 9.17) is 0 Å². The van der Waals surface area contributed by atoms with E-state index in [1.165, 1.54) is 11.9 Å². The first-order valence-corrected chi connectivity index (χ1v) is 9.78. The number of nitrogens with one attached hydrogen (secondary N) is 1. The van der Waals surface area contributed by atoms with Gasteiger partial charge in [0.25, 0.3) is 5.91 Å². The second kappa shape index (κ2) is 8.55. The van der Waals surface area contributed by atoms with Crippen molar-refractivity contribution in [3.05, 3.63) is 83.9 Å². The van der Waals surface area contributed by atoms with Crippen molar-refractivity contribution in [1.29, 1.82) is 0 Å². The number of likely N-dealkylation sites (tertiary alicyclic amines) is 1. The lowest BCUT2D eigenvalue weighted by molar-refractivity contribution is 0.0456. The normalized spacial score (nSPS) is 19.3. The Balaban J connectivity index is 1.27. The molecule has 0 spiro atoms. The van der Waals surface area contributed by atoms with Gasteiger partial charge in [0.2, 0.25) is 0 Å². The fourth-order valence-electron chi connectivity index (χ4n) is 3.67. The molecule has 0 aliphatic carbocycles. The van der Waals surface area contributed by atoms with Gasteiger partial charge in [-0.1, -0.05) is 42.5 Å². The van der Waals surface area contributed by atoms with E-state index in [1.54, 1.807) is 23.1 Å². The van der Waals surface area contributed by atoms with Crippen LogP contribution in [0.5, 0.6) is 0 Å². The minimum absolute atomic E-state index is 0.174. The van der Waals surface area contributed by atoms with E-state index in [2.05, 4.69) is 32.4 Å². The Labute approximate surface area is 170 Å². The Kier molecular flexibility index (Phi) is 5.69. The predicted octanol–water partition coefficient (Wildman–Crippen LogP) is 1.69. The summed E-state index contributed by atoms with van der Waals surface area (Å²) in [6.45, 7) is 3.04. The van der Waals surface area contributed by atoms with E-state index in [1.807, 2.05) is 30.3 Å². The van der Waals surface area contributed by atoms with Crippen LogP contribution in [0.3, 0.4) is 0 Å². The molecule has 1 fully saturated rings. The maximum atomic E-state index is 12.5. The molecule has 0 bridgehead atoms. The molecule has 0 radical (unpaired) electrons. The number of hydrogen-bond acceptors (Lipinski definition) is 5. The molecule has 1 aromatic heterocycles. The van der Waals surface area contributed by atoms with Gasteiger partial charge in [0, 0.05) is 31.7 Å². The van der Waals surface area contributed by atoms with Crippen molar-refractivity contribution in [3.8, 4) is 0 Å². The molecule has 29 heavy (non-hydrogen) atoms.